The Hall–Kier alpha value is -5.93. The van der Waals surface area contributed by atoms with Gasteiger partial charge in [0, 0.05) is 24.5 Å². The average Bonchev–Trinajstić information content (AvgIpc) is 3.77. The summed E-state index contributed by atoms with van der Waals surface area (Å²) in [6.07, 6.45) is -4.53. The van der Waals surface area contributed by atoms with Gasteiger partial charge in [-0.2, -0.15) is 0 Å². The molecule has 0 aliphatic carbocycles. The van der Waals surface area contributed by atoms with Crippen molar-refractivity contribution >= 4 is 29.3 Å². The van der Waals surface area contributed by atoms with Crippen molar-refractivity contribution < 1.29 is 33.3 Å². The van der Waals surface area contributed by atoms with Gasteiger partial charge in [0.1, 0.15) is 25.0 Å². The fourth-order valence-electron chi connectivity index (χ4n) is 6.56. The standard InChI is InChI=1S/C41H36N2O7/c44-39(29-16-6-1-7-17-29)47-28-34-35(49-40(45)30-18-8-2-9-19-30)36(50-41(46)31-20-10-3-11-21-31)37(48-34)38-42(32-22-12-4-13-23-32)26-27-43(38)33-24-14-5-15-25-33/h1-25,34-38H,26-28H2/t34-,35+,36+,37-/m1/s1. The highest BCUT2D eigenvalue weighted by Crippen LogP contribution is 2.38. The second-order valence-corrected chi connectivity index (χ2v) is 12.0. The van der Waals surface area contributed by atoms with Crippen LogP contribution in [0.4, 0.5) is 11.4 Å². The van der Waals surface area contributed by atoms with Crippen LogP contribution in [-0.4, -0.2) is 68.2 Å². The lowest BCUT2D eigenvalue weighted by Gasteiger charge is -2.38. The minimum Gasteiger partial charge on any atom is -0.459 e. The third kappa shape index (κ3) is 7.09. The van der Waals surface area contributed by atoms with E-state index in [1.54, 1.807) is 78.9 Å². The van der Waals surface area contributed by atoms with Crippen molar-refractivity contribution in [3.8, 4) is 0 Å². The van der Waals surface area contributed by atoms with Gasteiger partial charge in [0.15, 0.2) is 12.2 Å². The van der Waals surface area contributed by atoms with Crippen LogP contribution in [-0.2, 0) is 18.9 Å². The van der Waals surface area contributed by atoms with Crippen molar-refractivity contribution in [1.29, 1.82) is 0 Å². The van der Waals surface area contributed by atoms with Gasteiger partial charge < -0.3 is 28.7 Å². The van der Waals surface area contributed by atoms with Crippen molar-refractivity contribution in [2.45, 2.75) is 30.6 Å². The molecule has 0 aromatic heterocycles. The molecule has 4 atom stereocenters. The fourth-order valence-corrected chi connectivity index (χ4v) is 6.56. The van der Waals surface area contributed by atoms with E-state index in [1.165, 1.54) is 0 Å². The normalized spacial score (nSPS) is 20.3. The zero-order valence-corrected chi connectivity index (χ0v) is 27.2. The van der Waals surface area contributed by atoms with Gasteiger partial charge in [-0.1, -0.05) is 91.0 Å². The lowest BCUT2D eigenvalue weighted by molar-refractivity contribution is -0.0461. The Bertz CT molecular complexity index is 1830. The predicted octanol–water partition coefficient (Wildman–Crippen LogP) is 6.41. The highest BCUT2D eigenvalue weighted by Gasteiger charge is 2.56. The van der Waals surface area contributed by atoms with E-state index in [2.05, 4.69) is 9.80 Å². The minimum atomic E-state index is -1.13. The molecule has 0 bridgehead atoms. The highest BCUT2D eigenvalue weighted by molar-refractivity contribution is 5.91. The van der Waals surface area contributed by atoms with E-state index in [4.69, 9.17) is 18.9 Å². The number of ether oxygens (including phenoxy) is 4. The fraction of sp³-hybridized carbons (Fsp3) is 0.195. The maximum atomic E-state index is 13.8. The Morgan fingerprint density at radius 2 is 0.900 bits per heavy atom. The van der Waals surface area contributed by atoms with Crippen molar-refractivity contribution in [3.05, 3.63) is 168 Å². The summed E-state index contributed by atoms with van der Waals surface area (Å²) in [5.74, 6) is -1.77. The number of para-hydroxylation sites is 2. The van der Waals surface area contributed by atoms with Crippen LogP contribution in [0.1, 0.15) is 31.1 Å². The lowest BCUT2D eigenvalue weighted by atomic mass is 10.0. The van der Waals surface area contributed by atoms with Gasteiger partial charge >= 0.3 is 17.9 Å². The first-order valence-corrected chi connectivity index (χ1v) is 16.6. The Kier molecular flexibility index (Phi) is 9.84. The second kappa shape index (κ2) is 15.1. The maximum Gasteiger partial charge on any atom is 0.338 e. The number of hydrogen-bond donors (Lipinski definition) is 0. The molecule has 2 saturated heterocycles. The predicted molar refractivity (Wildman–Crippen MR) is 188 cm³/mol. The van der Waals surface area contributed by atoms with Gasteiger partial charge in [0.2, 0.25) is 0 Å². The SMILES string of the molecule is O=C(OC[C@H]1O[C@@H](C2N(c3ccccc3)CCN2c2ccccc2)[C@@H](OC(=O)c2ccccc2)[C@H]1OC(=O)c1ccccc1)c1ccccc1. The zero-order valence-electron chi connectivity index (χ0n) is 27.2. The Morgan fingerprint density at radius 1 is 0.520 bits per heavy atom. The van der Waals surface area contributed by atoms with Crippen LogP contribution in [0.25, 0.3) is 0 Å². The summed E-state index contributed by atoms with van der Waals surface area (Å²) in [6, 6.07) is 45.7. The van der Waals surface area contributed by atoms with E-state index < -0.39 is 48.5 Å². The molecule has 9 nitrogen and oxygen atoms in total. The maximum absolute atomic E-state index is 13.8. The summed E-state index contributed by atoms with van der Waals surface area (Å²) in [7, 11) is 0. The first kappa shape index (κ1) is 32.6. The molecule has 2 aliphatic rings. The summed E-state index contributed by atoms with van der Waals surface area (Å²) in [5.41, 5.74) is 2.92. The molecule has 0 amide bonds. The molecule has 5 aromatic carbocycles. The van der Waals surface area contributed by atoms with Crippen molar-refractivity contribution in [3.63, 3.8) is 0 Å². The van der Waals surface area contributed by atoms with E-state index in [-0.39, 0.29) is 6.61 Å². The number of carbonyl (C=O) groups excluding carboxylic acids is 3. The smallest absolute Gasteiger partial charge is 0.338 e. The van der Waals surface area contributed by atoms with Gasteiger partial charge in [0.05, 0.1) is 16.7 Å². The molecule has 9 heteroatoms. The number of nitrogens with zero attached hydrogens (tertiary/aromatic N) is 2. The van der Waals surface area contributed by atoms with E-state index in [0.717, 1.165) is 11.4 Å². The summed E-state index contributed by atoms with van der Waals surface area (Å²) in [4.78, 5) is 45.0. The van der Waals surface area contributed by atoms with E-state index in [0.29, 0.717) is 29.8 Å². The molecule has 0 spiro atoms. The quantitative estimate of drug-likeness (QED) is 0.124. The molecule has 0 unspecified atom stereocenters. The van der Waals surface area contributed by atoms with Gasteiger partial charge in [-0.05, 0) is 60.7 Å². The molecule has 0 radical (unpaired) electrons. The zero-order chi connectivity index (χ0) is 34.3. The van der Waals surface area contributed by atoms with Crippen LogP contribution in [0.5, 0.6) is 0 Å². The summed E-state index contributed by atoms with van der Waals surface area (Å²) < 4.78 is 25.1. The molecule has 50 heavy (non-hydrogen) atoms. The van der Waals surface area contributed by atoms with Crippen LogP contribution in [0.2, 0.25) is 0 Å². The Labute approximate surface area is 290 Å². The monoisotopic (exact) mass is 668 g/mol. The summed E-state index contributed by atoms with van der Waals surface area (Å²) in [6.45, 7) is 1.04. The Balaban J connectivity index is 1.29. The van der Waals surface area contributed by atoms with Gasteiger partial charge in [0.25, 0.3) is 0 Å². The molecule has 5 aromatic rings. The molecular weight excluding hydrogens is 632 g/mol. The first-order valence-electron chi connectivity index (χ1n) is 16.6. The number of anilines is 2. The van der Waals surface area contributed by atoms with Crippen LogP contribution in [0, 0.1) is 0 Å². The summed E-state index contributed by atoms with van der Waals surface area (Å²) >= 11 is 0. The Morgan fingerprint density at radius 3 is 1.34 bits per heavy atom. The molecule has 7 rings (SSSR count). The lowest BCUT2D eigenvalue weighted by Crippen LogP contribution is -2.54. The van der Waals surface area contributed by atoms with Crippen LogP contribution in [0.15, 0.2) is 152 Å². The van der Waals surface area contributed by atoms with Crippen molar-refractivity contribution in [2.24, 2.45) is 0 Å². The number of benzene rings is 5. The van der Waals surface area contributed by atoms with E-state index >= 15 is 0 Å². The van der Waals surface area contributed by atoms with E-state index in [9.17, 15) is 14.4 Å². The van der Waals surface area contributed by atoms with Crippen LogP contribution >= 0.6 is 0 Å². The molecular formula is C41H36N2O7. The molecule has 252 valence electrons. The molecule has 2 aliphatic heterocycles. The van der Waals surface area contributed by atoms with Crippen molar-refractivity contribution in [2.75, 3.05) is 29.5 Å². The molecule has 2 heterocycles. The topological polar surface area (TPSA) is 94.6 Å². The first-order chi connectivity index (χ1) is 24.6. The number of rotatable bonds is 10. The van der Waals surface area contributed by atoms with Crippen LogP contribution < -0.4 is 9.80 Å². The second-order valence-electron chi connectivity index (χ2n) is 12.0. The molecule has 2 fully saturated rings. The van der Waals surface area contributed by atoms with Gasteiger partial charge in [-0.15, -0.1) is 0 Å². The van der Waals surface area contributed by atoms with Crippen LogP contribution in [0.3, 0.4) is 0 Å². The van der Waals surface area contributed by atoms with Gasteiger partial charge in [-0.3, -0.25) is 0 Å². The highest BCUT2D eigenvalue weighted by atomic mass is 16.7. The average molecular weight is 669 g/mol. The van der Waals surface area contributed by atoms with E-state index in [1.807, 2.05) is 72.8 Å². The largest absolute Gasteiger partial charge is 0.459 e. The minimum absolute atomic E-state index is 0.250. The molecule has 0 saturated carbocycles. The summed E-state index contributed by atoms with van der Waals surface area (Å²) in [5, 5.41) is 0. The number of esters is 3. The van der Waals surface area contributed by atoms with Gasteiger partial charge in [-0.25, -0.2) is 14.4 Å². The molecule has 0 N–H and O–H groups in total. The van der Waals surface area contributed by atoms with Crippen molar-refractivity contribution in [1.82, 2.24) is 0 Å². The number of hydrogen-bond acceptors (Lipinski definition) is 9. The number of carbonyl (C=O) groups is 3. The third-order valence-corrected chi connectivity index (χ3v) is 8.93. The third-order valence-electron chi connectivity index (χ3n) is 8.93.